The van der Waals surface area contributed by atoms with E-state index in [1.165, 1.54) is 5.69 Å². The second-order valence-corrected chi connectivity index (χ2v) is 13.1. The molecule has 0 radical (unpaired) electrons. The van der Waals surface area contributed by atoms with Crippen LogP contribution in [0.5, 0.6) is 0 Å². The minimum atomic E-state index is -0.140. The number of amides is 2. The van der Waals surface area contributed by atoms with Crippen LogP contribution in [0.4, 0.5) is 5.69 Å². The first-order valence-corrected chi connectivity index (χ1v) is 16.2. The molecule has 4 atom stereocenters. The summed E-state index contributed by atoms with van der Waals surface area (Å²) in [6.07, 6.45) is 7.66. The van der Waals surface area contributed by atoms with Gasteiger partial charge in [0.05, 0.1) is 11.8 Å². The molecule has 2 saturated carbocycles. The maximum absolute atomic E-state index is 13.0. The first kappa shape index (κ1) is 29.5. The van der Waals surface area contributed by atoms with Gasteiger partial charge in [-0.3, -0.25) is 20.0 Å². The number of pyridine rings is 1. The Morgan fingerprint density at radius 1 is 0.911 bits per heavy atom. The normalized spacial score (nSPS) is 23.3. The monoisotopic (exact) mass is 606 g/mol. The highest BCUT2D eigenvalue weighted by Gasteiger charge is 2.44. The highest BCUT2D eigenvalue weighted by Crippen LogP contribution is 2.51. The van der Waals surface area contributed by atoms with E-state index in [4.69, 9.17) is 9.40 Å². The molecule has 234 valence electrons. The van der Waals surface area contributed by atoms with Crippen LogP contribution in [0.1, 0.15) is 69.1 Å². The molecule has 7 rings (SSSR count). The van der Waals surface area contributed by atoms with Crippen molar-refractivity contribution >= 4 is 28.5 Å². The number of fused-ring (bicyclic) bond motifs is 3. The van der Waals surface area contributed by atoms with Crippen molar-refractivity contribution in [3.8, 4) is 0 Å². The predicted octanol–water partition coefficient (Wildman–Crippen LogP) is 5.02. The van der Waals surface area contributed by atoms with Gasteiger partial charge in [-0.25, -0.2) is 5.43 Å². The van der Waals surface area contributed by atoms with E-state index in [1.54, 1.807) is 12.5 Å². The number of anilines is 1. The molecule has 4 aromatic rings. The molecule has 2 bridgehead atoms. The second kappa shape index (κ2) is 12.7. The molecule has 9 heteroatoms. The molecule has 2 aromatic carbocycles. The molecular formula is C36H42N6O3. The summed E-state index contributed by atoms with van der Waals surface area (Å²) in [5, 5.41) is 4.05. The molecule has 3 N–H and O–H groups in total. The van der Waals surface area contributed by atoms with Crippen LogP contribution in [0.25, 0.3) is 11.0 Å². The summed E-state index contributed by atoms with van der Waals surface area (Å²) in [6, 6.07) is 18.4. The average Bonchev–Trinajstić information content (AvgIpc) is 3.66. The molecule has 9 nitrogen and oxygen atoms in total. The van der Waals surface area contributed by atoms with E-state index in [2.05, 4.69) is 57.3 Å². The van der Waals surface area contributed by atoms with Crippen molar-refractivity contribution in [1.82, 2.24) is 26.1 Å². The van der Waals surface area contributed by atoms with Crippen molar-refractivity contribution < 1.29 is 14.0 Å². The van der Waals surface area contributed by atoms with Crippen LogP contribution in [-0.2, 0) is 6.54 Å². The number of hydrogen-bond donors (Lipinski definition) is 3. The van der Waals surface area contributed by atoms with E-state index in [9.17, 15) is 9.59 Å². The number of nitrogens with one attached hydrogen (secondary N) is 3. The van der Waals surface area contributed by atoms with E-state index >= 15 is 0 Å². The average molecular weight is 607 g/mol. The zero-order chi connectivity index (χ0) is 30.9. The molecule has 3 aliphatic rings. The van der Waals surface area contributed by atoms with Gasteiger partial charge in [0.25, 0.3) is 11.8 Å². The predicted molar refractivity (Wildman–Crippen MR) is 175 cm³/mol. The molecule has 45 heavy (non-hydrogen) atoms. The SMILES string of the molecule is Cc1c(C(=O)NNC2C[C@H]3CC[C@@H](C2)C3c2ccc(C(=O)NCc3ccc(N4CCN(C)CC4)cc3)cn2)ccc2ccoc12. The van der Waals surface area contributed by atoms with Crippen molar-refractivity contribution in [3.05, 3.63) is 95.0 Å². The zero-order valence-electron chi connectivity index (χ0n) is 26.1. The number of nitrogens with zero attached hydrogens (tertiary/aromatic N) is 3. The maximum atomic E-state index is 13.0. The van der Waals surface area contributed by atoms with Gasteiger partial charge in [0.15, 0.2) is 0 Å². The molecule has 2 aliphatic carbocycles. The number of hydrogen-bond acceptors (Lipinski definition) is 7. The van der Waals surface area contributed by atoms with Crippen LogP contribution in [0, 0.1) is 18.8 Å². The fourth-order valence-corrected chi connectivity index (χ4v) is 7.70. The summed E-state index contributed by atoms with van der Waals surface area (Å²) < 4.78 is 5.57. The number of piperazine rings is 1. The van der Waals surface area contributed by atoms with E-state index < -0.39 is 0 Å². The van der Waals surface area contributed by atoms with E-state index in [1.807, 2.05) is 37.3 Å². The highest BCUT2D eigenvalue weighted by atomic mass is 16.3. The third kappa shape index (κ3) is 6.19. The van der Waals surface area contributed by atoms with Crippen molar-refractivity contribution in [2.24, 2.45) is 11.8 Å². The van der Waals surface area contributed by atoms with Gasteiger partial charge in [0.2, 0.25) is 0 Å². The number of aromatic nitrogens is 1. The summed E-state index contributed by atoms with van der Waals surface area (Å²) in [5.41, 5.74) is 12.5. The summed E-state index contributed by atoms with van der Waals surface area (Å²) in [7, 11) is 2.16. The van der Waals surface area contributed by atoms with Crippen molar-refractivity contribution in [2.45, 2.75) is 51.1 Å². The number of carbonyl (C=O) groups excluding carboxylic acids is 2. The van der Waals surface area contributed by atoms with Gasteiger partial charge in [-0.1, -0.05) is 18.2 Å². The van der Waals surface area contributed by atoms with Crippen LogP contribution in [-0.4, -0.2) is 61.0 Å². The van der Waals surface area contributed by atoms with Crippen molar-refractivity contribution in [2.75, 3.05) is 38.1 Å². The first-order chi connectivity index (χ1) is 21.9. The largest absolute Gasteiger partial charge is 0.464 e. The van der Waals surface area contributed by atoms with E-state index in [0.29, 0.717) is 35.4 Å². The highest BCUT2D eigenvalue weighted by molar-refractivity contribution is 5.99. The lowest BCUT2D eigenvalue weighted by atomic mass is 9.74. The number of likely N-dealkylation sites (N-methyl/N-ethyl adjacent to an activating group) is 1. The number of furan rings is 1. The number of rotatable bonds is 8. The topological polar surface area (TPSA) is 103 Å². The molecule has 3 fully saturated rings. The molecule has 1 saturated heterocycles. The standard InChI is InChI=1S/C36H42N6O3/c1-23-31(11-7-25-13-18-45-34(23)25)36(44)40-39-29-19-26-5-6-27(20-29)33(26)32-12-8-28(22-37-32)35(43)38-21-24-3-9-30(10-4-24)42-16-14-41(2)15-17-42/h3-4,7-13,18,22,26-27,29,33,39H,5-6,14-17,19-21H2,1-2H3,(H,38,43)(H,40,44)/t26-,27+,29?,33?. The van der Waals surface area contributed by atoms with Gasteiger partial charge in [-0.05, 0) is 93.5 Å². The van der Waals surface area contributed by atoms with E-state index in [-0.39, 0.29) is 17.9 Å². The third-order valence-corrected chi connectivity index (χ3v) is 10.3. The summed E-state index contributed by atoms with van der Waals surface area (Å²) >= 11 is 0. The fraction of sp³-hybridized carbons (Fsp3) is 0.417. The summed E-state index contributed by atoms with van der Waals surface area (Å²) in [4.78, 5) is 35.4. The van der Waals surface area contributed by atoms with Gasteiger partial charge < -0.3 is 19.5 Å². The third-order valence-electron chi connectivity index (χ3n) is 10.3. The minimum Gasteiger partial charge on any atom is -0.464 e. The summed E-state index contributed by atoms with van der Waals surface area (Å²) in [5.74, 6) is 1.14. The Morgan fingerprint density at radius 3 is 2.38 bits per heavy atom. The Kier molecular flexibility index (Phi) is 8.29. The Hall–Kier alpha value is -4.21. The van der Waals surface area contributed by atoms with Crippen molar-refractivity contribution in [1.29, 1.82) is 0 Å². The first-order valence-electron chi connectivity index (χ1n) is 16.2. The quantitative estimate of drug-likeness (QED) is 0.242. The summed E-state index contributed by atoms with van der Waals surface area (Å²) in [6.45, 7) is 6.64. The molecule has 2 unspecified atom stereocenters. The Bertz CT molecular complexity index is 1640. The number of carbonyl (C=O) groups is 2. The molecule has 0 spiro atoms. The Balaban J connectivity index is 0.903. The number of aryl methyl sites for hydroxylation is 1. The van der Waals surface area contributed by atoms with Gasteiger partial charge >= 0.3 is 0 Å². The minimum absolute atomic E-state index is 0.106. The van der Waals surface area contributed by atoms with Crippen LogP contribution in [0.15, 0.2) is 71.5 Å². The zero-order valence-corrected chi connectivity index (χ0v) is 26.1. The van der Waals surface area contributed by atoms with Gasteiger partial charge in [-0.2, -0.15) is 0 Å². The molecule has 1 aliphatic heterocycles. The van der Waals surface area contributed by atoms with Gasteiger partial charge in [0, 0.05) is 78.8 Å². The Morgan fingerprint density at radius 2 is 1.67 bits per heavy atom. The molecule has 2 amide bonds. The van der Waals surface area contributed by atoms with Crippen molar-refractivity contribution in [3.63, 3.8) is 0 Å². The van der Waals surface area contributed by atoms with E-state index in [0.717, 1.165) is 79.7 Å². The van der Waals surface area contributed by atoms with Crippen LogP contribution < -0.4 is 21.1 Å². The Labute approximate surface area is 264 Å². The fourth-order valence-electron chi connectivity index (χ4n) is 7.70. The number of benzene rings is 2. The lowest BCUT2D eigenvalue weighted by Crippen LogP contribution is -2.47. The van der Waals surface area contributed by atoms with Crippen LogP contribution >= 0.6 is 0 Å². The molecule has 2 aromatic heterocycles. The maximum Gasteiger partial charge on any atom is 0.265 e. The van der Waals surface area contributed by atoms with Gasteiger partial charge in [-0.15, -0.1) is 0 Å². The number of hydrazine groups is 1. The van der Waals surface area contributed by atoms with Crippen LogP contribution in [0.2, 0.25) is 0 Å². The lowest BCUT2D eigenvalue weighted by molar-refractivity contribution is 0.0908. The van der Waals surface area contributed by atoms with Gasteiger partial charge in [0.1, 0.15) is 5.58 Å². The smallest absolute Gasteiger partial charge is 0.265 e. The second-order valence-electron chi connectivity index (χ2n) is 13.1. The van der Waals surface area contributed by atoms with Crippen LogP contribution in [0.3, 0.4) is 0 Å². The molecule has 3 heterocycles. The molecular weight excluding hydrogens is 564 g/mol. The lowest BCUT2D eigenvalue weighted by Gasteiger charge is -2.35.